The Morgan fingerprint density at radius 3 is 2.19 bits per heavy atom. The van der Waals surface area contributed by atoms with Gasteiger partial charge in [-0.1, -0.05) is 13.3 Å². The van der Waals surface area contributed by atoms with E-state index in [1.807, 2.05) is 19.2 Å². The van der Waals surface area contributed by atoms with Crippen molar-refractivity contribution < 1.29 is 4.79 Å². The second-order valence-corrected chi connectivity index (χ2v) is 6.22. The first-order valence-electron chi connectivity index (χ1n) is 9.28. The van der Waals surface area contributed by atoms with Crippen LogP contribution in [0.1, 0.15) is 44.0 Å². The second-order valence-electron chi connectivity index (χ2n) is 6.22. The van der Waals surface area contributed by atoms with Gasteiger partial charge in [0.1, 0.15) is 0 Å². The van der Waals surface area contributed by atoms with Gasteiger partial charge in [-0.25, -0.2) is 9.97 Å². The summed E-state index contributed by atoms with van der Waals surface area (Å²) in [6, 6.07) is 8.18. The molecule has 1 amide bonds. The van der Waals surface area contributed by atoms with Crippen molar-refractivity contribution in [2.75, 3.05) is 36.9 Å². The molecule has 6 nitrogen and oxygen atoms in total. The van der Waals surface area contributed by atoms with E-state index in [4.69, 9.17) is 0 Å². The first-order chi connectivity index (χ1) is 12.6. The summed E-state index contributed by atoms with van der Waals surface area (Å²) in [4.78, 5) is 24.8. The fourth-order valence-electron chi connectivity index (χ4n) is 2.69. The second kappa shape index (κ2) is 9.75. The number of benzene rings is 1. The third-order valence-electron chi connectivity index (χ3n) is 4.34. The number of amides is 1. The molecule has 1 aromatic carbocycles. The van der Waals surface area contributed by atoms with Gasteiger partial charge in [-0.15, -0.1) is 0 Å². The van der Waals surface area contributed by atoms with Crippen molar-refractivity contribution in [2.24, 2.45) is 0 Å². The number of aromatic nitrogens is 2. The highest BCUT2D eigenvalue weighted by atomic mass is 16.2. The van der Waals surface area contributed by atoms with Crippen LogP contribution >= 0.6 is 0 Å². The maximum Gasteiger partial charge on any atom is 0.256 e. The molecule has 2 rings (SSSR count). The molecule has 0 aliphatic heterocycles. The van der Waals surface area contributed by atoms with Gasteiger partial charge in [0.15, 0.2) is 0 Å². The molecule has 0 unspecified atom stereocenters. The summed E-state index contributed by atoms with van der Waals surface area (Å²) >= 11 is 0. The molecule has 0 aliphatic carbocycles. The van der Waals surface area contributed by atoms with Gasteiger partial charge in [0, 0.05) is 50.5 Å². The molecule has 6 heteroatoms. The number of nitrogens with zero attached hydrogens (tertiary/aromatic N) is 4. The number of hydrogen-bond donors (Lipinski definition) is 1. The lowest BCUT2D eigenvalue weighted by molar-refractivity contribution is 0.0792. The molecule has 0 bridgehead atoms. The van der Waals surface area contributed by atoms with E-state index in [1.54, 1.807) is 17.3 Å². The van der Waals surface area contributed by atoms with E-state index in [2.05, 4.69) is 53.1 Å². The SMILES string of the molecule is CCCCN(C)C(=O)c1cnc(Nc2ccc(N(CC)CC)cc2)nc1. The molecule has 1 aromatic heterocycles. The monoisotopic (exact) mass is 355 g/mol. The van der Waals surface area contributed by atoms with E-state index >= 15 is 0 Å². The van der Waals surface area contributed by atoms with Gasteiger partial charge < -0.3 is 15.1 Å². The van der Waals surface area contributed by atoms with E-state index in [0.29, 0.717) is 11.5 Å². The minimum Gasteiger partial charge on any atom is -0.372 e. The predicted octanol–water partition coefficient (Wildman–Crippen LogP) is 3.94. The van der Waals surface area contributed by atoms with Crippen LogP contribution in [0.5, 0.6) is 0 Å². The van der Waals surface area contributed by atoms with E-state index in [-0.39, 0.29) is 5.91 Å². The Bertz CT molecular complexity index is 680. The highest BCUT2D eigenvalue weighted by molar-refractivity contribution is 5.93. The van der Waals surface area contributed by atoms with Crippen molar-refractivity contribution in [1.82, 2.24) is 14.9 Å². The highest BCUT2D eigenvalue weighted by Gasteiger charge is 2.12. The quantitative estimate of drug-likeness (QED) is 0.738. The lowest BCUT2D eigenvalue weighted by atomic mass is 10.2. The number of nitrogens with one attached hydrogen (secondary N) is 1. The molecule has 0 aliphatic rings. The van der Waals surface area contributed by atoms with Crippen LogP contribution in [0, 0.1) is 0 Å². The number of carbonyl (C=O) groups is 1. The topological polar surface area (TPSA) is 61.4 Å². The number of anilines is 3. The van der Waals surface area contributed by atoms with E-state index in [1.165, 1.54) is 5.69 Å². The molecular weight excluding hydrogens is 326 g/mol. The molecule has 0 spiro atoms. The van der Waals surface area contributed by atoms with Gasteiger partial charge in [0.05, 0.1) is 5.56 Å². The van der Waals surface area contributed by atoms with Crippen LogP contribution in [0.25, 0.3) is 0 Å². The Morgan fingerprint density at radius 1 is 1.04 bits per heavy atom. The van der Waals surface area contributed by atoms with Crippen LogP contribution in [-0.4, -0.2) is 47.5 Å². The summed E-state index contributed by atoms with van der Waals surface area (Å²) in [6.45, 7) is 9.10. The average molecular weight is 355 g/mol. The van der Waals surface area contributed by atoms with E-state index in [0.717, 1.165) is 38.2 Å². The summed E-state index contributed by atoms with van der Waals surface area (Å²) in [6.07, 6.45) is 5.20. The first-order valence-corrected chi connectivity index (χ1v) is 9.28. The summed E-state index contributed by atoms with van der Waals surface area (Å²) < 4.78 is 0. The molecule has 0 saturated carbocycles. The fraction of sp³-hybridized carbons (Fsp3) is 0.450. The first kappa shape index (κ1) is 19.7. The third kappa shape index (κ3) is 5.18. The van der Waals surface area contributed by atoms with Crippen LogP contribution < -0.4 is 10.2 Å². The molecule has 0 atom stereocenters. The minimum atomic E-state index is -0.0476. The Labute approximate surface area is 156 Å². The zero-order chi connectivity index (χ0) is 18.9. The predicted molar refractivity (Wildman–Crippen MR) is 107 cm³/mol. The van der Waals surface area contributed by atoms with Gasteiger partial charge in [-0.3, -0.25) is 4.79 Å². The van der Waals surface area contributed by atoms with Gasteiger partial charge in [0.25, 0.3) is 5.91 Å². The fourth-order valence-corrected chi connectivity index (χ4v) is 2.69. The molecule has 1 heterocycles. The molecule has 2 aromatic rings. The minimum absolute atomic E-state index is 0.0476. The smallest absolute Gasteiger partial charge is 0.256 e. The number of hydrogen-bond acceptors (Lipinski definition) is 5. The van der Waals surface area contributed by atoms with Gasteiger partial charge in [-0.2, -0.15) is 0 Å². The van der Waals surface area contributed by atoms with Crippen LogP contribution in [0.15, 0.2) is 36.7 Å². The van der Waals surface area contributed by atoms with Gasteiger partial charge >= 0.3 is 0 Å². The number of carbonyl (C=O) groups excluding carboxylic acids is 1. The van der Waals surface area contributed by atoms with E-state index < -0.39 is 0 Å². The molecule has 26 heavy (non-hydrogen) atoms. The largest absolute Gasteiger partial charge is 0.372 e. The van der Waals surface area contributed by atoms with Crippen molar-refractivity contribution in [1.29, 1.82) is 0 Å². The van der Waals surface area contributed by atoms with Crippen molar-refractivity contribution in [2.45, 2.75) is 33.6 Å². The van der Waals surface area contributed by atoms with Crippen LogP contribution in [0.2, 0.25) is 0 Å². The highest BCUT2D eigenvalue weighted by Crippen LogP contribution is 2.19. The summed E-state index contributed by atoms with van der Waals surface area (Å²) in [5, 5.41) is 3.17. The molecule has 0 saturated heterocycles. The van der Waals surface area contributed by atoms with Crippen molar-refractivity contribution in [3.63, 3.8) is 0 Å². The Morgan fingerprint density at radius 2 is 1.65 bits per heavy atom. The number of rotatable bonds is 9. The van der Waals surface area contributed by atoms with Gasteiger partial charge in [-0.05, 0) is 44.5 Å². The molecule has 1 N–H and O–H groups in total. The zero-order valence-electron chi connectivity index (χ0n) is 16.2. The van der Waals surface area contributed by atoms with Crippen molar-refractivity contribution in [3.8, 4) is 0 Å². The standard InChI is InChI=1S/C20H29N5O/c1-5-8-13-24(4)19(26)16-14-21-20(22-15-16)23-17-9-11-18(12-10-17)25(6-2)7-3/h9-12,14-15H,5-8,13H2,1-4H3,(H,21,22,23). The number of unbranched alkanes of at least 4 members (excludes halogenated alkanes) is 1. The maximum absolute atomic E-state index is 12.3. The third-order valence-corrected chi connectivity index (χ3v) is 4.34. The Balaban J connectivity index is 1.99. The molecule has 0 radical (unpaired) electrons. The molecular formula is C20H29N5O. The van der Waals surface area contributed by atoms with Crippen LogP contribution in [-0.2, 0) is 0 Å². The van der Waals surface area contributed by atoms with Crippen molar-refractivity contribution >= 4 is 23.2 Å². The summed E-state index contributed by atoms with van der Waals surface area (Å²) in [7, 11) is 1.81. The lowest BCUT2D eigenvalue weighted by Crippen LogP contribution is -2.27. The Kier molecular flexibility index (Phi) is 7.38. The summed E-state index contributed by atoms with van der Waals surface area (Å²) in [5.74, 6) is 0.432. The zero-order valence-corrected chi connectivity index (χ0v) is 16.2. The summed E-state index contributed by atoms with van der Waals surface area (Å²) in [5.41, 5.74) is 2.61. The molecule has 140 valence electrons. The van der Waals surface area contributed by atoms with Crippen LogP contribution in [0.4, 0.5) is 17.3 Å². The normalized spacial score (nSPS) is 10.5. The molecule has 0 fully saturated rings. The average Bonchev–Trinajstić information content (AvgIpc) is 2.68. The van der Waals surface area contributed by atoms with Gasteiger partial charge in [0.2, 0.25) is 5.95 Å². The van der Waals surface area contributed by atoms with Crippen molar-refractivity contribution in [3.05, 3.63) is 42.2 Å². The maximum atomic E-state index is 12.3. The van der Waals surface area contributed by atoms with Crippen LogP contribution in [0.3, 0.4) is 0 Å². The lowest BCUT2D eigenvalue weighted by Gasteiger charge is -2.21. The van der Waals surface area contributed by atoms with E-state index in [9.17, 15) is 4.79 Å². The Hall–Kier alpha value is -2.63.